The lowest BCUT2D eigenvalue weighted by atomic mass is 9.52. The molecule has 7 rings (SSSR count). The van der Waals surface area contributed by atoms with Crippen LogP contribution in [0.4, 0.5) is 5.95 Å². The number of rotatable bonds is 4. The number of sulfone groups is 1. The number of carbonyl (C=O) groups excluding carboxylic acids is 1. The smallest absolute Gasteiger partial charge is 0.254 e. The maximum absolute atomic E-state index is 13.5. The first-order valence-electron chi connectivity index (χ1n) is 12.6. The summed E-state index contributed by atoms with van der Waals surface area (Å²) < 4.78 is 23.7. The second kappa shape index (κ2) is 7.90. The van der Waals surface area contributed by atoms with Crippen molar-refractivity contribution in [2.75, 3.05) is 29.5 Å². The molecule has 0 spiro atoms. The number of hydrogen-bond acceptors (Lipinski definition) is 7. The van der Waals surface area contributed by atoms with Crippen LogP contribution in [0.15, 0.2) is 6.20 Å². The van der Waals surface area contributed by atoms with E-state index in [1.54, 1.807) is 6.20 Å². The Balaban J connectivity index is 1.24. The van der Waals surface area contributed by atoms with Crippen molar-refractivity contribution < 1.29 is 18.3 Å². The van der Waals surface area contributed by atoms with Crippen LogP contribution in [0.5, 0.6) is 0 Å². The van der Waals surface area contributed by atoms with E-state index in [1.807, 2.05) is 4.90 Å². The fraction of sp³-hybridized carbons (Fsp3) is 0.792. The molecule has 6 fully saturated rings. The molecule has 180 valence electrons. The SMILES string of the molecule is O=C(NC1C2CC3CC1CC(O)(C3)C2)c1cnc(N2CCS(=O)(=O)CC2)nc1C1CCCC1. The van der Waals surface area contributed by atoms with Gasteiger partial charge in [0.1, 0.15) is 0 Å². The zero-order valence-corrected chi connectivity index (χ0v) is 19.9. The Labute approximate surface area is 195 Å². The van der Waals surface area contributed by atoms with E-state index < -0.39 is 15.4 Å². The summed E-state index contributed by atoms with van der Waals surface area (Å²) in [6.45, 7) is 0.793. The van der Waals surface area contributed by atoms with Gasteiger partial charge in [-0.3, -0.25) is 4.79 Å². The molecular weight excluding hydrogens is 440 g/mol. The second-order valence-electron chi connectivity index (χ2n) is 11.3. The molecule has 9 heteroatoms. The van der Waals surface area contributed by atoms with E-state index in [0.29, 0.717) is 42.4 Å². The third-order valence-electron chi connectivity index (χ3n) is 8.96. The molecule has 0 radical (unpaired) electrons. The van der Waals surface area contributed by atoms with Crippen LogP contribution in [0.25, 0.3) is 0 Å². The number of aliphatic hydroxyl groups is 1. The standard InChI is InChI=1S/C24H34N4O4S/c29-22(26-20-17-9-15-10-18(20)13-24(30,11-15)12-17)19-14-25-23(27-21(19)16-3-1-2-4-16)28-5-7-33(31,32)8-6-28/h14-18,20,30H,1-13H2,(H,26,29). The molecule has 2 atom stereocenters. The number of nitrogens with one attached hydrogen (secondary N) is 1. The summed E-state index contributed by atoms with van der Waals surface area (Å²) in [6, 6.07) is 0.123. The van der Waals surface area contributed by atoms with E-state index >= 15 is 0 Å². The largest absolute Gasteiger partial charge is 0.390 e. The van der Waals surface area contributed by atoms with Crippen molar-refractivity contribution in [2.24, 2.45) is 17.8 Å². The molecule has 2 unspecified atom stereocenters. The molecule has 1 aromatic heterocycles. The number of hydrogen-bond donors (Lipinski definition) is 2. The highest BCUT2D eigenvalue weighted by atomic mass is 32.2. The van der Waals surface area contributed by atoms with E-state index in [0.717, 1.165) is 63.5 Å². The Morgan fingerprint density at radius 2 is 1.76 bits per heavy atom. The highest BCUT2D eigenvalue weighted by molar-refractivity contribution is 7.91. The van der Waals surface area contributed by atoms with Crippen molar-refractivity contribution in [1.29, 1.82) is 0 Å². The van der Waals surface area contributed by atoms with Gasteiger partial charge in [-0.25, -0.2) is 18.4 Å². The van der Waals surface area contributed by atoms with Crippen molar-refractivity contribution >= 4 is 21.7 Å². The third kappa shape index (κ3) is 4.05. The fourth-order valence-electron chi connectivity index (χ4n) is 7.58. The third-order valence-corrected chi connectivity index (χ3v) is 10.6. The van der Waals surface area contributed by atoms with Gasteiger partial charge < -0.3 is 15.3 Å². The number of anilines is 1. The van der Waals surface area contributed by atoms with E-state index in [9.17, 15) is 18.3 Å². The Morgan fingerprint density at radius 1 is 1.09 bits per heavy atom. The highest BCUT2D eigenvalue weighted by Gasteiger charge is 2.55. The summed E-state index contributed by atoms with van der Waals surface area (Å²) >= 11 is 0. The zero-order chi connectivity index (χ0) is 22.8. The average molecular weight is 475 g/mol. The van der Waals surface area contributed by atoms with Gasteiger partial charge in [-0.2, -0.15) is 0 Å². The van der Waals surface area contributed by atoms with E-state index in [1.165, 1.54) is 0 Å². The van der Waals surface area contributed by atoms with Crippen LogP contribution in [0.1, 0.15) is 79.8 Å². The first-order valence-corrected chi connectivity index (χ1v) is 14.5. The Kier molecular flexibility index (Phi) is 5.21. The monoisotopic (exact) mass is 474 g/mol. The van der Waals surface area contributed by atoms with Gasteiger partial charge in [0.05, 0.1) is 28.4 Å². The molecule has 6 aliphatic rings. The minimum Gasteiger partial charge on any atom is -0.390 e. The lowest BCUT2D eigenvalue weighted by Crippen LogP contribution is -2.61. The molecule has 1 aliphatic heterocycles. The maximum Gasteiger partial charge on any atom is 0.254 e. The van der Waals surface area contributed by atoms with Crippen LogP contribution >= 0.6 is 0 Å². The first-order chi connectivity index (χ1) is 15.8. The van der Waals surface area contributed by atoms with Crippen molar-refractivity contribution in [1.82, 2.24) is 15.3 Å². The van der Waals surface area contributed by atoms with Crippen molar-refractivity contribution in [3.63, 3.8) is 0 Å². The predicted octanol–water partition coefficient (Wildman–Crippen LogP) is 2.04. The van der Waals surface area contributed by atoms with Gasteiger partial charge >= 0.3 is 0 Å². The van der Waals surface area contributed by atoms with Crippen molar-refractivity contribution in [2.45, 2.75) is 75.3 Å². The maximum atomic E-state index is 13.5. The fourth-order valence-corrected chi connectivity index (χ4v) is 8.78. The van der Waals surface area contributed by atoms with Gasteiger partial charge in [0.15, 0.2) is 9.84 Å². The number of nitrogens with zero attached hydrogens (tertiary/aromatic N) is 3. The van der Waals surface area contributed by atoms with Gasteiger partial charge in [-0.15, -0.1) is 0 Å². The molecule has 5 saturated carbocycles. The number of aromatic nitrogens is 2. The summed E-state index contributed by atoms with van der Waals surface area (Å²) in [7, 11) is -2.98. The van der Waals surface area contributed by atoms with Gasteiger partial charge in [0.25, 0.3) is 5.91 Å². The zero-order valence-electron chi connectivity index (χ0n) is 19.1. The van der Waals surface area contributed by atoms with E-state index in [4.69, 9.17) is 4.98 Å². The Hall–Kier alpha value is -1.74. The van der Waals surface area contributed by atoms with Crippen LogP contribution in [-0.4, -0.2) is 65.6 Å². The van der Waals surface area contributed by atoms with Gasteiger partial charge in [-0.1, -0.05) is 12.8 Å². The van der Waals surface area contributed by atoms with Crippen LogP contribution in [0.3, 0.4) is 0 Å². The van der Waals surface area contributed by atoms with Crippen LogP contribution in [0.2, 0.25) is 0 Å². The van der Waals surface area contributed by atoms with Crippen molar-refractivity contribution in [3.8, 4) is 0 Å². The molecule has 33 heavy (non-hydrogen) atoms. The highest BCUT2D eigenvalue weighted by Crippen LogP contribution is 2.55. The minimum absolute atomic E-state index is 0.0888. The molecule has 1 amide bonds. The normalized spacial score (nSPS) is 37.4. The Morgan fingerprint density at radius 3 is 2.39 bits per heavy atom. The molecular formula is C24H34N4O4S. The lowest BCUT2D eigenvalue weighted by molar-refractivity contribution is -0.136. The topological polar surface area (TPSA) is 112 Å². The van der Waals surface area contributed by atoms with Gasteiger partial charge in [-0.05, 0) is 62.7 Å². The van der Waals surface area contributed by atoms with Crippen LogP contribution in [0, 0.1) is 17.8 Å². The predicted molar refractivity (Wildman–Crippen MR) is 124 cm³/mol. The number of carbonyl (C=O) groups is 1. The molecule has 4 bridgehead atoms. The van der Waals surface area contributed by atoms with Crippen LogP contribution < -0.4 is 10.2 Å². The molecule has 1 aromatic rings. The minimum atomic E-state index is -2.98. The summed E-state index contributed by atoms with van der Waals surface area (Å²) in [5, 5.41) is 14.2. The van der Waals surface area contributed by atoms with Gasteiger partial charge in [0.2, 0.25) is 5.95 Å². The summed E-state index contributed by atoms with van der Waals surface area (Å²) in [6.07, 6.45) is 10.7. The van der Waals surface area contributed by atoms with E-state index in [2.05, 4.69) is 10.3 Å². The summed E-state index contributed by atoms with van der Waals surface area (Å²) in [4.78, 5) is 24.8. The molecule has 2 N–H and O–H groups in total. The first kappa shape index (κ1) is 21.8. The second-order valence-corrected chi connectivity index (χ2v) is 13.6. The number of amides is 1. The summed E-state index contributed by atoms with van der Waals surface area (Å²) in [5.41, 5.74) is 0.882. The Bertz CT molecular complexity index is 1020. The molecule has 1 saturated heterocycles. The average Bonchev–Trinajstić information content (AvgIpc) is 3.29. The molecule has 0 aromatic carbocycles. The quantitative estimate of drug-likeness (QED) is 0.687. The molecule has 5 aliphatic carbocycles. The van der Waals surface area contributed by atoms with E-state index in [-0.39, 0.29) is 29.4 Å². The van der Waals surface area contributed by atoms with Crippen LogP contribution in [-0.2, 0) is 9.84 Å². The molecule has 2 heterocycles. The summed E-state index contributed by atoms with van der Waals surface area (Å²) in [5.74, 6) is 2.26. The van der Waals surface area contributed by atoms with Crippen molar-refractivity contribution in [3.05, 3.63) is 17.5 Å². The molecule has 8 nitrogen and oxygen atoms in total. The van der Waals surface area contributed by atoms with Gasteiger partial charge in [0, 0.05) is 31.2 Å². The lowest BCUT2D eigenvalue weighted by Gasteiger charge is -2.58.